The number of hydrogen-bond donors (Lipinski definition) is 2. The van der Waals surface area contributed by atoms with Gasteiger partial charge in [0.2, 0.25) is 0 Å². The molecule has 0 saturated heterocycles. The van der Waals surface area contributed by atoms with Gasteiger partial charge in [0.15, 0.2) is 0 Å². The smallest absolute Gasteiger partial charge is 0.0994 e. The average Bonchev–Trinajstić information content (AvgIpc) is 2.09. The van der Waals surface area contributed by atoms with E-state index in [-0.39, 0.29) is 6.61 Å². The van der Waals surface area contributed by atoms with E-state index in [4.69, 9.17) is 10.4 Å². The van der Waals surface area contributed by atoms with Crippen molar-refractivity contribution in [3.05, 3.63) is 28.8 Å². The van der Waals surface area contributed by atoms with Crippen LogP contribution in [0.3, 0.4) is 0 Å². The van der Waals surface area contributed by atoms with Crippen LogP contribution < -0.4 is 0 Å². The Morgan fingerprint density at radius 2 is 2.25 bits per heavy atom. The quantitative estimate of drug-likeness (QED) is 0.644. The van der Waals surface area contributed by atoms with Gasteiger partial charge in [-0.25, -0.2) is 0 Å². The van der Waals surface area contributed by atoms with Gasteiger partial charge >= 0.3 is 0 Å². The zero-order valence-electron chi connectivity index (χ0n) is 6.70. The van der Waals surface area contributed by atoms with Gasteiger partial charge in [-0.05, 0) is 30.2 Å². The second kappa shape index (κ2) is 3.61. The predicted octanol–water partition coefficient (Wildman–Crippen LogP) is 1.65. The Labute approximate surface area is 76.9 Å². The first-order valence-corrected chi connectivity index (χ1v) is 3.97. The minimum absolute atomic E-state index is 0.0531. The molecular weight excluding hydrogens is 170 g/mol. The third-order valence-corrected chi connectivity index (χ3v) is 2.21. The fourth-order valence-electron chi connectivity index (χ4n) is 0.965. The molecule has 0 unspecified atom stereocenters. The molecule has 1 aromatic carbocycles. The van der Waals surface area contributed by atoms with Crippen LogP contribution in [0.15, 0.2) is 17.0 Å². The Morgan fingerprint density at radius 1 is 1.58 bits per heavy atom. The Kier molecular flexibility index (Phi) is 2.74. The third kappa shape index (κ3) is 1.60. The van der Waals surface area contributed by atoms with Crippen molar-refractivity contribution in [3.8, 4) is 6.07 Å². The van der Waals surface area contributed by atoms with Crippen molar-refractivity contribution < 1.29 is 5.11 Å². The highest BCUT2D eigenvalue weighted by molar-refractivity contribution is 7.80. The summed E-state index contributed by atoms with van der Waals surface area (Å²) in [6, 6.07) is 5.49. The summed E-state index contributed by atoms with van der Waals surface area (Å²) in [5.41, 5.74) is 2.16. The van der Waals surface area contributed by atoms with Crippen LogP contribution in [0.5, 0.6) is 0 Å². The topological polar surface area (TPSA) is 44.0 Å². The zero-order valence-corrected chi connectivity index (χ0v) is 7.60. The van der Waals surface area contributed by atoms with Crippen molar-refractivity contribution in [2.45, 2.75) is 18.4 Å². The largest absolute Gasteiger partial charge is 0.392 e. The number of nitriles is 1. The van der Waals surface area contributed by atoms with Crippen LogP contribution >= 0.6 is 12.6 Å². The minimum atomic E-state index is -0.0531. The van der Waals surface area contributed by atoms with Gasteiger partial charge in [-0.3, -0.25) is 0 Å². The van der Waals surface area contributed by atoms with Crippen molar-refractivity contribution in [1.29, 1.82) is 5.26 Å². The lowest BCUT2D eigenvalue weighted by molar-refractivity contribution is 0.281. The molecule has 0 bridgehead atoms. The standard InChI is InChI=1S/C9H9NOS/c1-6-8(4-10)2-7(5-11)3-9(6)12/h2-3,11-12H,5H2,1H3. The minimum Gasteiger partial charge on any atom is -0.392 e. The third-order valence-electron chi connectivity index (χ3n) is 1.74. The monoisotopic (exact) mass is 179 g/mol. The Hall–Kier alpha value is -0.980. The molecule has 62 valence electrons. The van der Waals surface area contributed by atoms with E-state index in [1.165, 1.54) is 0 Å². The average molecular weight is 179 g/mol. The molecule has 1 rings (SSSR count). The van der Waals surface area contributed by atoms with Crippen molar-refractivity contribution in [2.75, 3.05) is 0 Å². The van der Waals surface area contributed by atoms with Crippen LogP contribution in [0.4, 0.5) is 0 Å². The van der Waals surface area contributed by atoms with Crippen molar-refractivity contribution in [3.63, 3.8) is 0 Å². The molecule has 0 aliphatic carbocycles. The van der Waals surface area contributed by atoms with Gasteiger partial charge in [0.25, 0.3) is 0 Å². The first-order chi connectivity index (χ1) is 5.69. The van der Waals surface area contributed by atoms with E-state index < -0.39 is 0 Å². The lowest BCUT2D eigenvalue weighted by atomic mass is 10.1. The number of nitrogens with zero attached hydrogens (tertiary/aromatic N) is 1. The molecule has 0 atom stereocenters. The highest BCUT2D eigenvalue weighted by Gasteiger charge is 2.03. The Balaban J connectivity index is 3.31. The molecule has 0 saturated carbocycles. The molecule has 0 aromatic heterocycles. The van der Waals surface area contributed by atoms with Gasteiger partial charge in [0.1, 0.15) is 0 Å². The van der Waals surface area contributed by atoms with Crippen LogP contribution in [-0.2, 0) is 6.61 Å². The maximum Gasteiger partial charge on any atom is 0.0994 e. The van der Waals surface area contributed by atoms with Gasteiger partial charge in [-0.15, -0.1) is 12.6 Å². The van der Waals surface area contributed by atoms with Crippen molar-refractivity contribution in [1.82, 2.24) is 0 Å². The highest BCUT2D eigenvalue weighted by Crippen LogP contribution is 2.19. The molecule has 3 heteroatoms. The summed E-state index contributed by atoms with van der Waals surface area (Å²) in [5, 5.41) is 17.5. The van der Waals surface area contributed by atoms with Gasteiger partial charge in [0.05, 0.1) is 18.2 Å². The highest BCUT2D eigenvalue weighted by atomic mass is 32.1. The van der Waals surface area contributed by atoms with E-state index >= 15 is 0 Å². The molecule has 0 fully saturated rings. The molecule has 0 amide bonds. The van der Waals surface area contributed by atoms with Gasteiger partial charge in [-0.2, -0.15) is 5.26 Å². The summed E-state index contributed by atoms with van der Waals surface area (Å²) in [5.74, 6) is 0. The zero-order chi connectivity index (χ0) is 9.14. The molecular formula is C9H9NOS. The van der Waals surface area contributed by atoms with Crippen molar-refractivity contribution >= 4 is 12.6 Å². The predicted molar refractivity (Wildman–Crippen MR) is 49.1 cm³/mol. The van der Waals surface area contributed by atoms with Gasteiger partial charge in [0, 0.05) is 4.90 Å². The fraction of sp³-hybridized carbons (Fsp3) is 0.222. The van der Waals surface area contributed by atoms with E-state index in [9.17, 15) is 0 Å². The fourth-order valence-corrected chi connectivity index (χ4v) is 1.25. The normalized spacial score (nSPS) is 9.50. The van der Waals surface area contributed by atoms with Crippen LogP contribution in [-0.4, -0.2) is 5.11 Å². The Morgan fingerprint density at radius 3 is 2.75 bits per heavy atom. The first kappa shape index (κ1) is 9.11. The van der Waals surface area contributed by atoms with Crippen LogP contribution in [0.1, 0.15) is 16.7 Å². The molecule has 0 spiro atoms. The van der Waals surface area contributed by atoms with E-state index in [0.29, 0.717) is 5.56 Å². The molecule has 0 radical (unpaired) electrons. The first-order valence-electron chi connectivity index (χ1n) is 3.52. The maximum absolute atomic E-state index is 8.83. The van der Waals surface area contributed by atoms with E-state index in [1.54, 1.807) is 12.1 Å². The summed E-state index contributed by atoms with van der Waals surface area (Å²) in [7, 11) is 0. The second-order valence-electron chi connectivity index (χ2n) is 2.56. The molecule has 0 aliphatic rings. The number of benzene rings is 1. The summed E-state index contributed by atoms with van der Waals surface area (Å²) >= 11 is 4.18. The Bertz CT molecular complexity index is 341. The molecule has 0 aliphatic heterocycles. The van der Waals surface area contributed by atoms with E-state index in [1.807, 2.05) is 6.92 Å². The molecule has 0 heterocycles. The summed E-state index contributed by atoms with van der Waals surface area (Å²) in [6.45, 7) is 1.78. The number of rotatable bonds is 1. The number of thiol groups is 1. The molecule has 2 nitrogen and oxygen atoms in total. The summed E-state index contributed by atoms with van der Waals surface area (Å²) in [4.78, 5) is 0.748. The van der Waals surface area contributed by atoms with Gasteiger partial charge < -0.3 is 5.11 Å². The number of hydrogen-bond acceptors (Lipinski definition) is 3. The lowest BCUT2D eigenvalue weighted by Gasteiger charge is -2.03. The second-order valence-corrected chi connectivity index (χ2v) is 3.04. The number of aliphatic hydroxyl groups excluding tert-OH is 1. The van der Waals surface area contributed by atoms with E-state index in [0.717, 1.165) is 16.0 Å². The SMILES string of the molecule is Cc1c(S)cc(CO)cc1C#N. The van der Waals surface area contributed by atoms with Crippen molar-refractivity contribution in [2.24, 2.45) is 0 Å². The van der Waals surface area contributed by atoms with Gasteiger partial charge in [-0.1, -0.05) is 0 Å². The summed E-state index contributed by atoms with van der Waals surface area (Å²) in [6.07, 6.45) is 0. The van der Waals surface area contributed by atoms with Crippen LogP contribution in [0.2, 0.25) is 0 Å². The summed E-state index contributed by atoms with van der Waals surface area (Å²) < 4.78 is 0. The molecule has 1 N–H and O–H groups in total. The number of aliphatic hydroxyl groups is 1. The molecule has 1 aromatic rings. The molecule has 12 heavy (non-hydrogen) atoms. The van der Waals surface area contributed by atoms with Crippen LogP contribution in [0, 0.1) is 18.3 Å². The maximum atomic E-state index is 8.83. The van der Waals surface area contributed by atoms with Crippen LogP contribution in [0.25, 0.3) is 0 Å². The lowest BCUT2D eigenvalue weighted by Crippen LogP contribution is -1.90. The van der Waals surface area contributed by atoms with E-state index in [2.05, 4.69) is 18.7 Å².